The second-order valence-electron chi connectivity index (χ2n) is 7.67. The lowest BCUT2D eigenvalue weighted by Gasteiger charge is -2.18. The van der Waals surface area contributed by atoms with Gasteiger partial charge >= 0.3 is 0 Å². The Hall–Kier alpha value is -2.27. The minimum absolute atomic E-state index is 0.160. The van der Waals surface area contributed by atoms with E-state index in [2.05, 4.69) is 36.5 Å². The lowest BCUT2D eigenvalue weighted by molar-refractivity contribution is 0.269. The Morgan fingerprint density at radius 3 is 2.44 bits per heavy atom. The predicted molar refractivity (Wildman–Crippen MR) is 129 cm³/mol. The Kier molecular flexibility index (Phi) is 9.22. The molecule has 3 nitrogen and oxygen atoms in total. The number of nitrogens with one attached hydrogen (secondary N) is 1. The SMILES string of the molecule is CCOc1cc(CN[C@@H](C)CCc2ccccc2)cc(Cl)c1OCc1ccc(F)cc1Cl. The molecule has 0 unspecified atom stereocenters. The zero-order chi connectivity index (χ0) is 22.9. The first-order chi connectivity index (χ1) is 15.5. The van der Waals surface area contributed by atoms with Gasteiger partial charge < -0.3 is 14.8 Å². The van der Waals surface area contributed by atoms with Gasteiger partial charge in [0.1, 0.15) is 12.4 Å². The topological polar surface area (TPSA) is 30.5 Å². The predicted octanol–water partition coefficient (Wildman–Crippen LogP) is 7.22. The van der Waals surface area contributed by atoms with Crippen molar-refractivity contribution in [3.63, 3.8) is 0 Å². The first-order valence-electron chi connectivity index (χ1n) is 10.8. The van der Waals surface area contributed by atoms with Gasteiger partial charge in [-0.25, -0.2) is 4.39 Å². The summed E-state index contributed by atoms with van der Waals surface area (Å²) in [5.41, 5.74) is 3.02. The average molecular weight is 476 g/mol. The Bertz CT molecular complexity index is 1010. The summed E-state index contributed by atoms with van der Waals surface area (Å²) in [6.07, 6.45) is 2.06. The molecule has 1 N–H and O–H groups in total. The normalized spacial score (nSPS) is 11.9. The first kappa shape index (κ1) is 24.4. The quantitative estimate of drug-likeness (QED) is 0.317. The van der Waals surface area contributed by atoms with Crippen LogP contribution in [0.25, 0.3) is 0 Å². The molecule has 0 bridgehead atoms. The van der Waals surface area contributed by atoms with Gasteiger partial charge in [-0.15, -0.1) is 0 Å². The fraction of sp³-hybridized carbons (Fsp3) is 0.308. The number of aryl methyl sites for hydroxylation is 1. The highest BCUT2D eigenvalue weighted by molar-refractivity contribution is 6.32. The fourth-order valence-electron chi connectivity index (χ4n) is 3.34. The van der Waals surface area contributed by atoms with Gasteiger partial charge in [0, 0.05) is 18.2 Å². The largest absolute Gasteiger partial charge is 0.490 e. The van der Waals surface area contributed by atoms with Crippen molar-refractivity contribution in [1.82, 2.24) is 5.32 Å². The van der Waals surface area contributed by atoms with Crippen LogP contribution in [-0.4, -0.2) is 12.6 Å². The van der Waals surface area contributed by atoms with Crippen LogP contribution in [0.2, 0.25) is 10.0 Å². The van der Waals surface area contributed by atoms with Crippen molar-refractivity contribution in [3.8, 4) is 11.5 Å². The minimum Gasteiger partial charge on any atom is -0.490 e. The zero-order valence-electron chi connectivity index (χ0n) is 18.3. The summed E-state index contributed by atoms with van der Waals surface area (Å²) in [4.78, 5) is 0. The van der Waals surface area contributed by atoms with Crippen LogP contribution in [0.1, 0.15) is 37.0 Å². The van der Waals surface area contributed by atoms with Crippen LogP contribution < -0.4 is 14.8 Å². The van der Waals surface area contributed by atoms with E-state index in [0.717, 1.165) is 18.4 Å². The first-order valence-corrected chi connectivity index (χ1v) is 11.5. The minimum atomic E-state index is -0.387. The van der Waals surface area contributed by atoms with Gasteiger partial charge in [0.25, 0.3) is 0 Å². The third-order valence-corrected chi connectivity index (χ3v) is 5.75. The second kappa shape index (κ2) is 12.1. The van der Waals surface area contributed by atoms with Crippen molar-refractivity contribution in [3.05, 3.63) is 93.2 Å². The highest BCUT2D eigenvalue weighted by Crippen LogP contribution is 2.37. The number of hydrogen-bond donors (Lipinski definition) is 1. The molecule has 0 saturated carbocycles. The maximum absolute atomic E-state index is 13.3. The van der Waals surface area contributed by atoms with Crippen LogP contribution in [0.15, 0.2) is 60.7 Å². The van der Waals surface area contributed by atoms with Crippen LogP contribution in [0.4, 0.5) is 4.39 Å². The average Bonchev–Trinajstić information content (AvgIpc) is 2.78. The van der Waals surface area contributed by atoms with Crippen molar-refractivity contribution in [2.75, 3.05) is 6.61 Å². The molecule has 170 valence electrons. The van der Waals surface area contributed by atoms with Crippen LogP contribution in [-0.2, 0) is 19.6 Å². The maximum atomic E-state index is 13.3. The van der Waals surface area contributed by atoms with Crippen molar-refractivity contribution >= 4 is 23.2 Å². The van der Waals surface area contributed by atoms with E-state index in [4.69, 9.17) is 32.7 Å². The van der Waals surface area contributed by atoms with Gasteiger partial charge in [0.15, 0.2) is 11.5 Å². The summed E-state index contributed by atoms with van der Waals surface area (Å²) in [5, 5.41) is 4.32. The summed E-state index contributed by atoms with van der Waals surface area (Å²) >= 11 is 12.6. The Morgan fingerprint density at radius 1 is 0.938 bits per heavy atom. The monoisotopic (exact) mass is 475 g/mol. The van der Waals surface area contributed by atoms with Gasteiger partial charge in [-0.05, 0) is 62.1 Å². The highest BCUT2D eigenvalue weighted by Gasteiger charge is 2.14. The van der Waals surface area contributed by atoms with E-state index in [-0.39, 0.29) is 12.4 Å². The summed E-state index contributed by atoms with van der Waals surface area (Å²) in [5.74, 6) is 0.642. The third kappa shape index (κ3) is 7.13. The van der Waals surface area contributed by atoms with Crippen LogP contribution in [0, 0.1) is 5.82 Å². The summed E-state index contributed by atoms with van der Waals surface area (Å²) in [6.45, 7) is 5.39. The van der Waals surface area contributed by atoms with Gasteiger partial charge in [0.05, 0.1) is 16.7 Å². The van der Waals surface area contributed by atoms with Gasteiger partial charge in [0.2, 0.25) is 0 Å². The summed E-state index contributed by atoms with van der Waals surface area (Å²) < 4.78 is 25.0. The van der Waals surface area contributed by atoms with E-state index in [1.807, 2.05) is 25.1 Å². The van der Waals surface area contributed by atoms with E-state index in [9.17, 15) is 4.39 Å². The third-order valence-electron chi connectivity index (χ3n) is 5.12. The number of ether oxygens (including phenoxy) is 2. The molecule has 6 heteroatoms. The molecule has 0 aliphatic carbocycles. The van der Waals surface area contributed by atoms with Crippen molar-refractivity contribution < 1.29 is 13.9 Å². The molecule has 0 radical (unpaired) electrons. The highest BCUT2D eigenvalue weighted by atomic mass is 35.5. The number of benzene rings is 3. The molecule has 0 amide bonds. The van der Waals surface area contributed by atoms with E-state index in [1.165, 1.54) is 17.7 Å². The van der Waals surface area contributed by atoms with E-state index in [0.29, 0.717) is 46.3 Å². The van der Waals surface area contributed by atoms with Crippen LogP contribution in [0.5, 0.6) is 11.5 Å². The summed E-state index contributed by atoms with van der Waals surface area (Å²) in [6, 6.07) is 18.8. The maximum Gasteiger partial charge on any atom is 0.180 e. The molecule has 0 aliphatic heterocycles. The molecule has 0 fully saturated rings. The van der Waals surface area contributed by atoms with Gasteiger partial charge in [-0.2, -0.15) is 0 Å². The Labute approximate surface area is 199 Å². The summed E-state index contributed by atoms with van der Waals surface area (Å²) in [7, 11) is 0. The number of hydrogen-bond acceptors (Lipinski definition) is 3. The van der Waals surface area contributed by atoms with Crippen molar-refractivity contribution in [1.29, 1.82) is 0 Å². The van der Waals surface area contributed by atoms with E-state index >= 15 is 0 Å². The van der Waals surface area contributed by atoms with Gasteiger partial charge in [-0.3, -0.25) is 0 Å². The molecule has 3 rings (SSSR count). The van der Waals surface area contributed by atoms with E-state index in [1.54, 1.807) is 6.07 Å². The molecule has 1 atom stereocenters. The molecule has 0 spiro atoms. The van der Waals surface area contributed by atoms with Gasteiger partial charge in [-0.1, -0.05) is 59.6 Å². The Morgan fingerprint density at radius 2 is 1.72 bits per heavy atom. The standard InChI is InChI=1S/C26H28Cl2FNO2/c1-3-31-25-14-20(16-30-18(2)9-10-19-7-5-4-6-8-19)13-24(28)26(25)32-17-21-11-12-22(29)15-23(21)27/h4-8,11-15,18,30H,3,9-10,16-17H2,1-2H3/t18-/m0/s1. The lowest BCUT2D eigenvalue weighted by Crippen LogP contribution is -2.26. The number of halogens is 3. The van der Waals surface area contributed by atoms with E-state index < -0.39 is 0 Å². The molecular formula is C26H28Cl2FNO2. The van der Waals surface area contributed by atoms with Crippen molar-refractivity contribution in [2.24, 2.45) is 0 Å². The molecule has 3 aromatic carbocycles. The molecule has 0 aliphatic rings. The van der Waals surface area contributed by atoms with Crippen LogP contribution >= 0.6 is 23.2 Å². The zero-order valence-corrected chi connectivity index (χ0v) is 19.8. The molecule has 0 aromatic heterocycles. The fourth-order valence-corrected chi connectivity index (χ4v) is 3.85. The molecule has 0 saturated heterocycles. The molecular weight excluding hydrogens is 448 g/mol. The lowest BCUT2D eigenvalue weighted by atomic mass is 10.1. The van der Waals surface area contributed by atoms with Crippen molar-refractivity contribution in [2.45, 2.75) is 45.9 Å². The smallest absolute Gasteiger partial charge is 0.180 e. The van der Waals surface area contributed by atoms with Crippen LogP contribution in [0.3, 0.4) is 0 Å². The molecule has 0 heterocycles. The second-order valence-corrected chi connectivity index (χ2v) is 8.48. The Balaban J connectivity index is 1.62. The number of rotatable bonds is 11. The molecule has 3 aromatic rings. The molecule has 32 heavy (non-hydrogen) atoms.